The molecule has 1 aromatic heterocycles. The van der Waals surface area contributed by atoms with Crippen molar-refractivity contribution in [3.63, 3.8) is 0 Å². The van der Waals surface area contributed by atoms with Crippen LogP contribution in [0.25, 0.3) is 0 Å². The molecule has 0 radical (unpaired) electrons. The van der Waals surface area contributed by atoms with Crippen LogP contribution in [0.15, 0.2) is 48.8 Å². The summed E-state index contributed by atoms with van der Waals surface area (Å²) in [7, 11) is 1.61. The van der Waals surface area contributed by atoms with E-state index in [1.165, 1.54) is 0 Å². The summed E-state index contributed by atoms with van der Waals surface area (Å²) in [5.74, 6) is 0.680. The summed E-state index contributed by atoms with van der Waals surface area (Å²) < 4.78 is 5.17. The Labute approximate surface area is 141 Å². The van der Waals surface area contributed by atoms with Crippen LogP contribution < -0.4 is 4.74 Å². The third kappa shape index (κ3) is 2.99. The molecule has 0 unspecified atom stereocenters. The quantitative estimate of drug-likeness (QED) is 0.938. The van der Waals surface area contributed by atoms with Crippen LogP contribution in [0.3, 0.4) is 0 Å². The highest BCUT2D eigenvalue weighted by molar-refractivity contribution is 5.94. The molecule has 2 heterocycles. The lowest BCUT2D eigenvalue weighted by Crippen LogP contribution is -2.48. The molecule has 126 valence electrons. The summed E-state index contributed by atoms with van der Waals surface area (Å²) in [6.45, 7) is 2.43. The van der Waals surface area contributed by atoms with Crippen LogP contribution >= 0.6 is 0 Å². The SMILES string of the molecule is COc1ccc([C@@](C)(O)[C@@H]2CCCN2C(=O)c2ccncc2)cc1. The van der Waals surface area contributed by atoms with Crippen molar-refractivity contribution in [2.45, 2.75) is 31.4 Å². The number of carbonyl (C=O) groups is 1. The summed E-state index contributed by atoms with van der Waals surface area (Å²) in [4.78, 5) is 18.5. The number of benzene rings is 1. The molecule has 2 atom stereocenters. The van der Waals surface area contributed by atoms with Gasteiger partial charge < -0.3 is 14.7 Å². The highest BCUT2D eigenvalue weighted by Gasteiger charge is 2.42. The molecule has 1 aliphatic heterocycles. The van der Waals surface area contributed by atoms with E-state index < -0.39 is 5.60 Å². The van der Waals surface area contributed by atoms with Crippen LogP contribution in [0.2, 0.25) is 0 Å². The monoisotopic (exact) mass is 326 g/mol. The largest absolute Gasteiger partial charge is 0.497 e. The number of rotatable bonds is 4. The minimum Gasteiger partial charge on any atom is -0.497 e. The summed E-state index contributed by atoms with van der Waals surface area (Å²) in [5, 5.41) is 11.2. The lowest BCUT2D eigenvalue weighted by atomic mass is 9.86. The van der Waals surface area contributed by atoms with Crippen LogP contribution in [-0.2, 0) is 5.60 Å². The second kappa shape index (κ2) is 6.61. The maximum atomic E-state index is 12.8. The molecular formula is C19H22N2O3. The number of likely N-dealkylation sites (tertiary alicyclic amines) is 1. The molecule has 0 aliphatic carbocycles. The van der Waals surface area contributed by atoms with Gasteiger partial charge in [-0.2, -0.15) is 0 Å². The molecule has 1 saturated heterocycles. The van der Waals surface area contributed by atoms with Gasteiger partial charge in [0.25, 0.3) is 5.91 Å². The fourth-order valence-corrected chi connectivity index (χ4v) is 3.38. The maximum absolute atomic E-state index is 12.8. The van der Waals surface area contributed by atoms with E-state index in [0.717, 1.165) is 24.2 Å². The van der Waals surface area contributed by atoms with Crippen molar-refractivity contribution in [1.29, 1.82) is 0 Å². The minimum absolute atomic E-state index is 0.0614. The lowest BCUT2D eigenvalue weighted by Gasteiger charge is -2.37. The van der Waals surface area contributed by atoms with Gasteiger partial charge >= 0.3 is 0 Å². The topological polar surface area (TPSA) is 62.7 Å². The first-order valence-corrected chi connectivity index (χ1v) is 8.12. The third-order valence-electron chi connectivity index (χ3n) is 4.76. The highest BCUT2D eigenvalue weighted by Crippen LogP contribution is 2.36. The van der Waals surface area contributed by atoms with E-state index in [9.17, 15) is 9.90 Å². The zero-order valence-electron chi connectivity index (χ0n) is 14.0. The van der Waals surface area contributed by atoms with E-state index in [1.807, 2.05) is 24.3 Å². The number of carbonyl (C=O) groups excluding carboxylic acids is 1. The highest BCUT2D eigenvalue weighted by atomic mass is 16.5. The zero-order valence-corrected chi connectivity index (χ0v) is 14.0. The van der Waals surface area contributed by atoms with Gasteiger partial charge in [-0.25, -0.2) is 0 Å². The Balaban J connectivity index is 1.87. The predicted octanol–water partition coefficient (Wildman–Crippen LogP) is 2.60. The van der Waals surface area contributed by atoms with Crippen LogP contribution in [0, 0.1) is 0 Å². The number of ether oxygens (including phenoxy) is 1. The summed E-state index contributed by atoms with van der Waals surface area (Å²) in [5.41, 5.74) is 0.260. The molecule has 5 heteroatoms. The number of methoxy groups -OCH3 is 1. The van der Waals surface area contributed by atoms with Gasteiger partial charge in [-0.05, 0) is 49.6 Å². The fourth-order valence-electron chi connectivity index (χ4n) is 3.38. The molecular weight excluding hydrogens is 304 g/mol. The number of pyridine rings is 1. The Kier molecular flexibility index (Phi) is 4.53. The molecule has 24 heavy (non-hydrogen) atoms. The molecule has 2 aromatic rings. The zero-order chi connectivity index (χ0) is 17.2. The summed E-state index contributed by atoms with van der Waals surface area (Å²) in [6.07, 6.45) is 4.88. The smallest absolute Gasteiger partial charge is 0.254 e. The second-order valence-corrected chi connectivity index (χ2v) is 6.27. The maximum Gasteiger partial charge on any atom is 0.254 e. The van der Waals surface area contributed by atoms with Gasteiger partial charge in [0, 0.05) is 24.5 Å². The molecule has 3 rings (SSSR count). The van der Waals surface area contributed by atoms with Gasteiger partial charge in [0.15, 0.2) is 0 Å². The number of hydrogen-bond acceptors (Lipinski definition) is 4. The Hall–Kier alpha value is -2.40. The van der Waals surface area contributed by atoms with Crippen LogP contribution in [-0.4, -0.2) is 40.6 Å². The van der Waals surface area contributed by atoms with E-state index in [1.54, 1.807) is 43.5 Å². The number of nitrogens with zero attached hydrogens (tertiary/aromatic N) is 2. The van der Waals surface area contributed by atoms with E-state index in [2.05, 4.69) is 4.98 Å². The Bertz CT molecular complexity index is 698. The molecule has 0 spiro atoms. The van der Waals surface area contributed by atoms with E-state index in [0.29, 0.717) is 12.1 Å². The van der Waals surface area contributed by atoms with Gasteiger partial charge in [-0.15, -0.1) is 0 Å². The minimum atomic E-state index is -1.12. The number of aliphatic hydroxyl groups is 1. The predicted molar refractivity (Wildman–Crippen MR) is 90.9 cm³/mol. The Morgan fingerprint density at radius 1 is 1.25 bits per heavy atom. The average Bonchev–Trinajstić information content (AvgIpc) is 3.12. The second-order valence-electron chi connectivity index (χ2n) is 6.27. The van der Waals surface area contributed by atoms with E-state index >= 15 is 0 Å². The molecule has 1 fully saturated rings. The Morgan fingerprint density at radius 2 is 1.92 bits per heavy atom. The fraction of sp³-hybridized carbons (Fsp3) is 0.368. The molecule has 1 aliphatic rings. The number of aromatic nitrogens is 1. The summed E-state index contributed by atoms with van der Waals surface area (Å²) in [6, 6.07) is 10.5. The standard InChI is InChI=1S/C19H22N2O3/c1-19(23,15-5-7-16(24-2)8-6-15)17-4-3-13-21(17)18(22)14-9-11-20-12-10-14/h5-12,17,23H,3-4,13H2,1-2H3/t17-,19+/m0/s1. The first-order valence-electron chi connectivity index (χ1n) is 8.12. The molecule has 1 amide bonds. The van der Waals surface area contributed by atoms with Crippen molar-refractivity contribution < 1.29 is 14.6 Å². The van der Waals surface area contributed by atoms with Gasteiger partial charge in [0.05, 0.1) is 13.2 Å². The van der Waals surface area contributed by atoms with Crippen LogP contribution in [0.5, 0.6) is 5.75 Å². The van der Waals surface area contributed by atoms with Crippen LogP contribution in [0.1, 0.15) is 35.7 Å². The third-order valence-corrected chi connectivity index (χ3v) is 4.76. The van der Waals surface area contributed by atoms with E-state index in [4.69, 9.17) is 4.74 Å². The van der Waals surface area contributed by atoms with Gasteiger partial charge in [-0.3, -0.25) is 9.78 Å². The van der Waals surface area contributed by atoms with Crippen molar-refractivity contribution in [2.75, 3.05) is 13.7 Å². The number of hydrogen-bond donors (Lipinski definition) is 1. The van der Waals surface area contributed by atoms with Gasteiger partial charge in [-0.1, -0.05) is 12.1 Å². The Morgan fingerprint density at radius 3 is 2.54 bits per heavy atom. The summed E-state index contributed by atoms with van der Waals surface area (Å²) >= 11 is 0. The van der Waals surface area contributed by atoms with Crippen molar-refractivity contribution in [3.05, 3.63) is 59.9 Å². The number of amides is 1. The van der Waals surface area contributed by atoms with E-state index in [-0.39, 0.29) is 11.9 Å². The lowest BCUT2D eigenvalue weighted by molar-refractivity contribution is -0.0177. The normalized spacial score (nSPS) is 19.8. The average molecular weight is 326 g/mol. The molecule has 1 N–H and O–H groups in total. The molecule has 5 nitrogen and oxygen atoms in total. The van der Waals surface area contributed by atoms with Crippen molar-refractivity contribution in [1.82, 2.24) is 9.88 Å². The van der Waals surface area contributed by atoms with Crippen molar-refractivity contribution in [3.8, 4) is 5.75 Å². The van der Waals surface area contributed by atoms with Crippen molar-refractivity contribution in [2.24, 2.45) is 0 Å². The molecule has 1 aromatic carbocycles. The van der Waals surface area contributed by atoms with Crippen LogP contribution in [0.4, 0.5) is 0 Å². The first kappa shape index (κ1) is 16.5. The molecule has 0 bridgehead atoms. The molecule has 0 saturated carbocycles. The van der Waals surface area contributed by atoms with Crippen molar-refractivity contribution >= 4 is 5.91 Å². The first-order chi connectivity index (χ1) is 11.5. The van der Waals surface area contributed by atoms with Gasteiger partial charge in [0.1, 0.15) is 11.4 Å². The van der Waals surface area contributed by atoms with Gasteiger partial charge in [0.2, 0.25) is 0 Å².